The van der Waals surface area contributed by atoms with E-state index in [9.17, 15) is 0 Å². The minimum Gasteiger partial charge on any atom is -0.354 e. The van der Waals surface area contributed by atoms with Crippen molar-refractivity contribution in [3.63, 3.8) is 0 Å². The van der Waals surface area contributed by atoms with Gasteiger partial charge in [0.15, 0.2) is 5.82 Å². The molecular formula is C14H20Cl2N4. The summed E-state index contributed by atoms with van der Waals surface area (Å²) in [5.74, 6) is 1.00. The third-order valence-corrected chi connectivity index (χ3v) is 3.69. The Morgan fingerprint density at radius 2 is 1.65 bits per heavy atom. The first kappa shape index (κ1) is 17.0. The average Bonchev–Trinajstić information content (AvgIpc) is 2.41. The van der Waals surface area contributed by atoms with E-state index in [1.165, 1.54) is 10.8 Å². The van der Waals surface area contributed by atoms with Crippen molar-refractivity contribution >= 4 is 41.4 Å². The Bertz CT molecular complexity index is 568. The second kappa shape index (κ2) is 7.07. The van der Waals surface area contributed by atoms with E-state index in [1.54, 1.807) is 0 Å². The number of fused-ring (bicyclic) bond motifs is 1. The number of nitrogens with zero attached hydrogens (tertiary/aromatic N) is 3. The molecule has 1 aliphatic heterocycles. The van der Waals surface area contributed by atoms with Crippen LogP contribution in [0.1, 0.15) is 18.5 Å². The predicted octanol–water partition coefficient (Wildman–Crippen LogP) is 2.71. The third-order valence-electron chi connectivity index (χ3n) is 3.69. The summed E-state index contributed by atoms with van der Waals surface area (Å²) in [6.45, 7) is 3.96. The van der Waals surface area contributed by atoms with Crippen molar-refractivity contribution < 1.29 is 0 Å². The SMILES string of the molecule is Cc1nnc(N2CCC(N)CC2)c2ccccc12.Cl.Cl. The lowest BCUT2D eigenvalue weighted by molar-refractivity contribution is 0.498. The first-order valence-electron chi connectivity index (χ1n) is 6.48. The fourth-order valence-corrected chi connectivity index (χ4v) is 2.57. The van der Waals surface area contributed by atoms with Gasteiger partial charge in [-0.2, -0.15) is 5.10 Å². The Morgan fingerprint density at radius 1 is 1.05 bits per heavy atom. The van der Waals surface area contributed by atoms with Crippen LogP contribution in [0.15, 0.2) is 24.3 Å². The van der Waals surface area contributed by atoms with Crippen molar-refractivity contribution in [2.24, 2.45) is 5.73 Å². The molecule has 1 aromatic carbocycles. The van der Waals surface area contributed by atoms with Gasteiger partial charge in [-0.1, -0.05) is 24.3 Å². The standard InChI is InChI=1S/C14H18N4.2ClH/c1-10-12-4-2-3-5-13(12)14(17-16-10)18-8-6-11(15)7-9-18;;/h2-5,11H,6-9,15H2,1H3;2*1H. The number of halogens is 2. The Balaban J connectivity index is 0.000001000. The van der Waals surface area contributed by atoms with Gasteiger partial charge in [-0.15, -0.1) is 29.9 Å². The molecule has 6 heteroatoms. The van der Waals surface area contributed by atoms with Gasteiger partial charge in [0, 0.05) is 29.9 Å². The molecule has 1 aromatic heterocycles. The number of aryl methyl sites for hydroxylation is 1. The van der Waals surface area contributed by atoms with E-state index in [4.69, 9.17) is 5.73 Å². The predicted molar refractivity (Wildman–Crippen MR) is 88.2 cm³/mol. The van der Waals surface area contributed by atoms with Crippen molar-refractivity contribution in [3.05, 3.63) is 30.0 Å². The number of anilines is 1. The van der Waals surface area contributed by atoms with Gasteiger partial charge in [0.1, 0.15) is 0 Å². The van der Waals surface area contributed by atoms with Crippen molar-refractivity contribution in [1.82, 2.24) is 10.2 Å². The molecule has 0 bridgehead atoms. The van der Waals surface area contributed by atoms with E-state index in [1.807, 2.05) is 13.0 Å². The maximum Gasteiger partial charge on any atom is 0.159 e. The quantitative estimate of drug-likeness (QED) is 0.879. The number of hydrogen-bond donors (Lipinski definition) is 1. The molecule has 2 N–H and O–H groups in total. The van der Waals surface area contributed by atoms with E-state index in [2.05, 4.69) is 33.3 Å². The van der Waals surface area contributed by atoms with Crippen molar-refractivity contribution in [3.8, 4) is 0 Å². The molecule has 0 radical (unpaired) electrons. The normalized spacial score (nSPS) is 15.6. The van der Waals surface area contributed by atoms with Crippen LogP contribution in [0.5, 0.6) is 0 Å². The maximum absolute atomic E-state index is 5.95. The first-order chi connectivity index (χ1) is 8.75. The summed E-state index contributed by atoms with van der Waals surface area (Å²) >= 11 is 0. The van der Waals surface area contributed by atoms with Gasteiger partial charge < -0.3 is 10.6 Å². The molecule has 1 saturated heterocycles. The minimum absolute atomic E-state index is 0. The lowest BCUT2D eigenvalue weighted by Crippen LogP contribution is -2.40. The maximum atomic E-state index is 5.95. The number of rotatable bonds is 1. The highest BCUT2D eigenvalue weighted by Gasteiger charge is 2.19. The van der Waals surface area contributed by atoms with Gasteiger partial charge in [0.25, 0.3) is 0 Å². The highest BCUT2D eigenvalue weighted by molar-refractivity contribution is 5.93. The molecule has 0 atom stereocenters. The van der Waals surface area contributed by atoms with E-state index < -0.39 is 0 Å². The van der Waals surface area contributed by atoms with Crippen LogP contribution in [-0.2, 0) is 0 Å². The number of piperidine rings is 1. The second-order valence-electron chi connectivity index (χ2n) is 4.98. The Morgan fingerprint density at radius 3 is 2.30 bits per heavy atom. The van der Waals surface area contributed by atoms with Crippen molar-refractivity contribution in [2.45, 2.75) is 25.8 Å². The Kier molecular flexibility index (Phi) is 5.99. The molecule has 1 fully saturated rings. The largest absolute Gasteiger partial charge is 0.354 e. The summed E-state index contributed by atoms with van der Waals surface area (Å²) < 4.78 is 0. The monoisotopic (exact) mass is 314 g/mol. The Hall–Kier alpha value is -1.10. The summed E-state index contributed by atoms with van der Waals surface area (Å²) in [4.78, 5) is 2.30. The summed E-state index contributed by atoms with van der Waals surface area (Å²) in [7, 11) is 0. The van der Waals surface area contributed by atoms with Gasteiger partial charge in [-0.25, -0.2) is 0 Å². The zero-order valence-electron chi connectivity index (χ0n) is 11.5. The fourth-order valence-electron chi connectivity index (χ4n) is 2.57. The van der Waals surface area contributed by atoms with Crippen LogP contribution in [-0.4, -0.2) is 29.3 Å². The molecule has 0 unspecified atom stereocenters. The zero-order valence-corrected chi connectivity index (χ0v) is 13.1. The van der Waals surface area contributed by atoms with Crippen molar-refractivity contribution in [2.75, 3.05) is 18.0 Å². The van der Waals surface area contributed by atoms with Crippen LogP contribution in [0.2, 0.25) is 0 Å². The molecule has 0 aliphatic carbocycles. The van der Waals surface area contributed by atoms with Crippen LogP contribution in [0.4, 0.5) is 5.82 Å². The first-order valence-corrected chi connectivity index (χ1v) is 6.48. The highest BCUT2D eigenvalue weighted by atomic mass is 35.5. The second-order valence-corrected chi connectivity index (χ2v) is 4.98. The van der Waals surface area contributed by atoms with Crippen LogP contribution in [0.3, 0.4) is 0 Å². The van der Waals surface area contributed by atoms with E-state index >= 15 is 0 Å². The summed E-state index contributed by atoms with van der Waals surface area (Å²) in [6, 6.07) is 8.68. The van der Waals surface area contributed by atoms with Crippen LogP contribution >= 0.6 is 24.8 Å². The molecule has 1 aliphatic rings. The molecule has 110 valence electrons. The van der Waals surface area contributed by atoms with Crippen LogP contribution in [0, 0.1) is 6.92 Å². The molecule has 0 saturated carbocycles. The third kappa shape index (κ3) is 3.14. The van der Waals surface area contributed by atoms with Crippen LogP contribution < -0.4 is 10.6 Å². The molecule has 0 amide bonds. The smallest absolute Gasteiger partial charge is 0.159 e. The molecule has 2 aromatic rings. The Labute approximate surface area is 131 Å². The summed E-state index contributed by atoms with van der Waals surface area (Å²) in [5, 5.41) is 11.1. The summed E-state index contributed by atoms with van der Waals surface area (Å²) in [6.07, 6.45) is 2.06. The van der Waals surface area contributed by atoms with Gasteiger partial charge >= 0.3 is 0 Å². The van der Waals surface area contributed by atoms with E-state index in [0.717, 1.165) is 37.4 Å². The molecule has 4 nitrogen and oxygen atoms in total. The average molecular weight is 315 g/mol. The molecule has 20 heavy (non-hydrogen) atoms. The lowest BCUT2D eigenvalue weighted by atomic mass is 10.0. The number of nitrogens with two attached hydrogens (primary N) is 1. The lowest BCUT2D eigenvalue weighted by Gasteiger charge is -2.31. The van der Waals surface area contributed by atoms with Gasteiger partial charge in [0.2, 0.25) is 0 Å². The number of hydrogen-bond acceptors (Lipinski definition) is 4. The van der Waals surface area contributed by atoms with Gasteiger partial charge in [0.05, 0.1) is 5.69 Å². The van der Waals surface area contributed by atoms with E-state index in [0.29, 0.717) is 6.04 Å². The van der Waals surface area contributed by atoms with Crippen molar-refractivity contribution in [1.29, 1.82) is 0 Å². The zero-order chi connectivity index (χ0) is 12.5. The van der Waals surface area contributed by atoms with E-state index in [-0.39, 0.29) is 24.8 Å². The topological polar surface area (TPSA) is 55.0 Å². The highest BCUT2D eigenvalue weighted by Crippen LogP contribution is 2.27. The van der Waals surface area contributed by atoms with Gasteiger partial charge in [-0.3, -0.25) is 0 Å². The van der Waals surface area contributed by atoms with Crippen LogP contribution in [0.25, 0.3) is 10.8 Å². The number of benzene rings is 1. The molecule has 2 heterocycles. The summed E-state index contributed by atoms with van der Waals surface area (Å²) in [5.41, 5.74) is 6.94. The fraction of sp³-hybridized carbons (Fsp3) is 0.429. The molecular weight excluding hydrogens is 295 g/mol. The molecule has 3 rings (SSSR count). The molecule has 0 spiro atoms. The number of aromatic nitrogens is 2. The minimum atomic E-state index is 0. The van der Waals surface area contributed by atoms with Gasteiger partial charge in [-0.05, 0) is 19.8 Å².